The van der Waals surface area contributed by atoms with E-state index in [1.54, 1.807) is 0 Å². The van der Waals surface area contributed by atoms with Gasteiger partial charge in [-0.15, -0.1) is 11.3 Å². The average molecular weight is 325 g/mol. The quantitative estimate of drug-likeness (QED) is 0.529. The Kier molecular flexibility index (Phi) is 5.33. The minimum atomic E-state index is -1.06. The van der Waals surface area contributed by atoms with E-state index in [0.717, 1.165) is 11.1 Å². The molecule has 0 fully saturated rings. The first-order valence-electron chi connectivity index (χ1n) is 7.06. The molecule has 6 heteroatoms. The molecule has 4 nitrogen and oxygen atoms in total. The number of aromatic nitrogens is 1. The van der Waals surface area contributed by atoms with Crippen LogP contribution in [-0.4, -0.2) is 16.3 Å². The van der Waals surface area contributed by atoms with Gasteiger partial charge in [0, 0.05) is 18.2 Å². The van der Waals surface area contributed by atoms with Crippen molar-refractivity contribution in [3.8, 4) is 0 Å². The molecule has 0 amide bonds. The van der Waals surface area contributed by atoms with Crippen LogP contribution in [0.2, 0.25) is 0 Å². The summed E-state index contributed by atoms with van der Waals surface area (Å²) in [7, 11) is 0. The number of carboxylic acids is 1. The van der Waals surface area contributed by atoms with Gasteiger partial charge in [0.15, 0.2) is 0 Å². The monoisotopic (exact) mass is 325 g/mol. The number of nitrogens with zero attached hydrogens (tertiary/aromatic N) is 1. The Morgan fingerprint density at radius 2 is 2.14 bits per heavy atom. The molecule has 2 aromatic heterocycles. The Balaban J connectivity index is 0.00000176. The molecule has 0 aliphatic carbocycles. The van der Waals surface area contributed by atoms with Crippen molar-refractivity contribution in [1.29, 1.82) is 0 Å². The molecule has 1 atom stereocenters. The Morgan fingerprint density at radius 3 is 2.68 bits per heavy atom. The van der Waals surface area contributed by atoms with Gasteiger partial charge in [-0.1, -0.05) is 6.92 Å². The van der Waals surface area contributed by atoms with Crippen LogP contribution in [0.4, 0.5) is 0 Å². The van der Waals surface area contributed by atoms with Gasteiger partial charge < -0.3 is 14.5 Å². The van der Waals surface area contributed by atoms with Crippen molar-refractivity contribution in [3.63, 3.8) is 0 Å². The van der Waals surface area contributed by atoms with Crippen molar-refractivity contribution in [2.45, 2.75) is 39.2 Å². The van der Waals surface area contributed by atoms with Crippen LogP contribution in [0.1, 0.15) is 51.4 Å². The summed E-state index contributed by atoms with van der Waals surface area (Å²) in [5.74, 6) is -1.66. The zero-order valence-electron chi connectivity index (χ0n) is 13.0. The first-order valence-corrected chi connectivity index (χ1v) is 7.93. The standard InChI is InChI=1S/C16H17NO3S.Na/c1-3-10-7-12-11(16(19)20)4-5-17(12)14(10)15(18)13-6-9(2)8-21-13;/h6-8,11H,3-5H2,1-2H3,(H,19,20);/q;+1/p-1. The van der Waals surface area contributed by atoms with Crippen LogP contribution < -0.4 is 34.7 Å². The maximum Gasteiger partial charge on any atom is 1.00 e. The topological polar surface area (TPSA) is 62.1 Å². The third-order valence-corrected chi connectivity index (χ3v) is 5.09. The Bertz CT molecular complexity index is 732. The summed E-state index contributed by atoms with van der Waals surface area (Å²) in [4.78, 5) is 24.7. The number of thiophene rings is 1. The van der Waals surface area contributed by atoms with Crippen LogP contribution in [0, 0.1) is 6.92 Å². The number of carbonyl (C=O) groups is 2. The van der Waals surface area contributed by atoms with E-state index in [0.29, 0.717) is 35.7 Å². The van der Waals surface area contributed by atoms with E-state index in [1.807, 2.05) is 35.9 Å². The second kappa shape index (κ2) is 6.71. The molecule has 110 valence electrons. The summed E-state index contributed by atoms with van der Waals surface area (Å²) in [6.45, 7) is 4.51. The summed E-state index contributed by atoms with van der Waals surface area (Å²) >= 11 is 1.44. The molecule has 0 N–H and O–H groups in total. The molecule has 0 saturated heterocycles. The summed E-state index contributed by atoms with van der Waals surface area (Å²) in [6.07, 6.45) is 1.22. The first kappa shape index (κ1) is 17.5. The van der Waals surface area contributed by atoms with Gasteiger partial charge in [-0.25, -0.2) is 0 Å². The summed E-state index contributed by atoms with van der Waals surface area (Å²) in [5.41, 5.74) is 3.36. The molecule has 0 spiro atoms. The van der Waals surface area contributed by atoms with E-state index in [1.165, 1.54) is 11.3 Å². The fourth-order valence-corrected chi connectivity index (χ4v) is 3.84. The molecule has 22 heavy (non-hydrogen) atoms. The number of rotatable bonds is 4. The van der Waals surface area contributed by atoms with Crippen LogP contribution in [0.5, 0.6) is 0 Å². The molecule has 0 bridgehead atoms. The van der Waals surface area contributed by atoms with Crippen molar-refractivity contribution < 1.29 is 44.3 Å². The summed E-state index contributed by atoms with van der Waals surface area (Å²) < 4.78 is 1.87. The predicted octanol–water partition coefficient (Wildman–Crippen LogP) is -1.11. The first-order chi connectivity index (χ1) is 10.0. The Morgan fingerprint density at radius 1 is 1.41 bits per heavy atom. The molecule has 3 heterocycles. The fraction of sp³-hybridized carbons (Fsp3) is 0.375. The van der Waals surface area contributed by atoms with Crippen LogP contribution in [0.3, 0.4) is 0 Å². The number of fused-ring (bicyclic) bond motifs is 1. The van der Waals surface area contributed by atoms with E-state index >= 15 is 0 Å². The van der Waals surface area contributed by atoms with E-state index < -0.39 is 11.9 Å². The minimum absolute atomic E-state index is 0. The molecule has 3 rings (SSSR count). The van der Waals surface area contributed by atoms with E-state index in [-0.39, 0.29) is 35.3 Å². The smallest absolute Gasteiger partial charge is 0.549 e. The van der Waals surface area contributed by atoms with Gasteiger partial charge in [0.2, 0.25) is 5.78 Å². The number of aryl methyl sites for hydroxylation is 2. The average Bonchev–Trinajstić information content (AvgIpc) is 3.10. The third-order valence-electron chi connectivity index (χ3n) is 4.04. The maximum absolute atomic E-state index is 12.8. The molecular formula is C16H16NNaO3S. The predicted molar refractivity (Wildman–Crippen MR) is 78.7 cm³/mol. The number of hydrogen-bond acceptors (Lipinski definition) is 4. The van der Waals surface area contributed by atoms with Crippen molar-refractivity contribution in [2.75, 3.05) is 0 Å². The van der Waals surface area contributed by atoms with Crippen LogP contribution in [-0.2, 0) is 17.8 Å². The number of hydrogen-bond donors (Lipinski definition) is 0. The van der Waals surface area contributed by atoms with Gasteiger partial charge >= 0.3 is 29.6 Å². The summed E-state index contributed by atoms with van der Waals surface area (Å²) in [5, 5.41) is 13.2. The number of aliphatic carboxylic acids is 1. The molecule has 1 unspecified atom stereocenters. The van der Waals surface area contributed by atoms with Gasteiger partial charge in [0.1, 0.15) is 0 Å². The van der Waals surface area contributed by atoms with Gasteiger partial charge in [0.05, 0.1) is 16.5 Å². The zero-order chi connectivity index (χ0) is 15.1. The zero-order valence-corrected chi connectivity index (χ0v) is 15.8. The van der Waals surface area contributed by atoms with Crippen LogP contribution >= 0.6 is 11.3 Å². The Hall–Kier alpha value is -0.880. The molecule has 0 aromatic carbocycles. The maximum atomic E-state index is 12.8. The van der Waals surface area contributed by atoms with Gasteiger partial charge in [-0.3, -0.25) is 4.79 Å². The Labute approximate surface area is 155 Å². The van der Waals surface area contributed by atoms with Gasteiger partial charge in [0.25, 0.3) is 0 Å². The molecule has 0 radical (unpaired) electrons. The van der Waals surface area contributed by atoms with Gasteiger partial charge in [-0.2, -0.15) is 0 Å². The van der Waals surface area contributed by atoms with Gasteiger partial charge in [-0.05, 0) is 48.4 Å². The van der Waals surface area contributed by atoms with Crippen molar-refractivity contribution in [3.05, 3.63) is 44.9 Å². The van der Waals surface area contributed by atoms with Crippen molar-refractivity contribution in [1.82, 2.24) is 4.57 Å². The largest absolute Gasteiger partial charge is 1.00 e. The van der Waals surface area contributed by atoms with Crippen molar-refractivity contribution in [2.24, 2.45) is 0 Å². The molecule has 1 aliphatic heterocycles. The normalized spacial score (nSPS) is 16.2. The minimum Gasteiger partial charge on any atom is -0.549 e. The number of ketones is 1. The summed E-state index contributed by atoms with van der Waals surface area (Å²) in [6, 6.07) is 3.75. The molecule has 2 aromatic rings. The number of carbonyl (C=O) groups excluding carboxylic acids is 2. The van der Waals surface area contributed by atoms with Crippen LogP contribution in [0.25, 0.3) is 0 Å². The molecule has 1 aliphatic rings. The molecule has 0 saturated carbocycles. The SMILES string of the molecule is CCc1cc2n(c1C(=O)c1cc(C)cs1)CCC2C(=O)[O-].[Na+]. The fourth-order valence-electron chi connectivity index (χ4n) is 3.01. The second-order valence-electron chi connectivity index (χ2n) is 5.43. The second-order valence-corrected chi connectivity index (χ2v) is 6.34. The van der Waals surface area contributed by atoms with Crippen molar-refractivity contribution >= 4 is 23.1 Å². The third kappa shape index (κ3) is 2.83. The van der Waals surface area contributed by atoms with E-state index in [2.05, 4.69) is 0 Å². The number of carboxylic acid groups (broad SMARTS) is 1. The van der Waals surface area contributed by atoms with Crippen LogP contribution in [0.15, 0.2) is 17.5 Å². The molecular weight excluding hydrogens is 309 g/mol. The van der Waals surface area contributed by atoms with E-state index in [4.69, 9.17) is 0 Å². The van der Waals surface area contributed by atoms with E-state index in [9.17, 15) is 14.7 Å².